The summed E-state index contributed by atoms with van der Waals surface area (Å²) in [6, 6.07) is 20.4. The standard InChI is InChI=1S/C21H14BrN3/c22-19-3-1-15(2-4-19)18-13-20(16-5-9-23-10-6-16)25-21(14-18)17-7-11-24-12-8-17/h1-14H. The van der Waals surface area contributed by atoms with Gasteiger partial charge in [-0.1, -0.05) is 28.1 Å². The van der Waals surface area contributed by atoms with Crippen LogP contribution in [-0.4, -0.2) is 15.0 Å². The molecule has 0 fully saturated rings. The number of nitrogens with zero attached hydrogens (tertiary/aromatic N) is 3. The lowest BCUT2D eigenvalue weighted by Crippen LogP contribution is -1.91. The predicted octanol–water partition coefficient (Wildman–Crippen LogP) is 5.64. The van der Waals surface area contributed by atoms with Gasteiger partial charge in [0.15, 0.2) is 0 Å². The zero-order chi connectivity index (χ0) is 17.1. The Balaban J connectivity index is 1.90. The molecule has 0 aliphatic heterocycles. The Hall–Kier alpha value is -2.85. The molecule has 0 spiro atoms. The monoisotopic (exact) mass is 387 g/mol. The second-order valence-corrected chi connectivity index (χ2v) is 6.52. The van der Waals surface area contributed by atoms with Crippen LogP contribution in [0, 0.1) is 0 Å². The lowest BCUT2D eigenvalue weighted by atomic mass is 10.0. The van der Waals surface area contributed by atoms with Crippen molar-refractivity contribution in [3.63, 3.8) is 0 Å². The van der Waals surface area contributed by atoms with E-state index in [4.69, 9.17) is 4.98 Å². The Morgan fingerprint density at radius 3 is 1.48 bits per heavy atom. The molecule has 4 heteroatoms. The summed E-state index contributed by atoms with van der Waals surface area (Å²) in [5, 5.41) is 0. The highest BCUT2D eigenvalue weighted by molar-refractivity contribution is 9.10. The van der Waals surface area contributed by atoms with Gasteiger partial charge in [0.25, 0.3) is 0 Å². The molecule has 3 nitrogen and oxygen atoms in total. The van der Waals surface area contributed by atoms with Crippen LogP contribution in [0.25, 0.3) is 33.6 Å². The zero-order valence-corrected chi connectivity index (χ0v) is 14.9. The minimum atomic E-state index is 0.926. The van der Waals surface area contributed by atoms with Crippen molar-refractivity contribution in [3.05, 3.63) is 89.9 Å². The molecular formula is C21H14BrN3. The van der Waals surface area contributed by atoms with Gasteiger partial charge in [-0.05, 0) is 59.7 Å². The van der Waals surface area contributed by atoms with Crippen LogP contribution < -0.4 is 0 Å². The summed E-state index contributed by atoms with van der Waals surface area (Å²) < 4.78 is 1.06. The van der Waals surface area contributed by atoms with Crippen LogP contribution in [0.2, 0.25) is 0 Å². The first-order valence-electron chi connectivity index (χ1n) is 7.88. The van der Waals surface area contributed by atoms with E-state index < -0.39 is 0 Å². The second-order valence-electron chi connectivity index (χ2n) is 5.60. The van der Waals surface area contributed by atoms with Crippen molar-refractivity contribution >= 4 is 15.9 Å². The van der Waals surface area contributed by atoms with Crippen LogP contribution in [0.15, 0.2) is 89.9 Å². The van der Waals surface area contributed by atoms with Gasteiger partial charge in [0.05, 0.1) is 11.4 Å². The van der Waals surface area contributed by atoms with Crippen molar-refractivity contribution < 1.29 is 0 Å². The fourth-order valence-corrected chi connectivity index (χ4v) is 2.95. The fourth-order valence-electron chi connectivity index (χ4n) is 2.68. The van der Waals surface area contributed by atoms with Crippen LogP contribution in [0.5, 0.6) is 0 Å². The minimum absolute atomic E-state index is 0.926. The molecule has 0 unspecified atom stereocenters. The Bertz CT molecular complexity index is 927. The van der Waals surface area contributed by atoms with E-state index in [1.807, 2.05) is 36.4 Å². The van der Waals surface area contributed by atoms with Crippen molar-refractivity contribution in [2.75, 3.05) is 0 Å². The molecule has 0 amide bonds. The van der Waals surface area contributed by atoms with Crippen molar-refractivity contribution in [2.45, 2.75) is 0 Å². The summed E-state index contributed by atoms with van der Waals surface area (Å²) in [6.07, 6.45) is 7.15. The molecule has 1 aromatic carbocycles. The summed E-state index contributed by atoms with van der Waals surface area (Å²) in [7, 11) is 0. The van der Waals surface area contributed by atoms with Gasteiger partial charge in [-0.15, -0.1) is 0 Å². The molecule has 0 atom stereocenters. The smallest absolute Gasteiger partial charge is 0.0716 e. The number of aromatic nitrogens is 3. The Morgan fingerprint density at radius 2 is 1.00 bits per heavy atom. The minimum Gasteiger partial charge on any atom is -0.265 e. The van der Waals surface area contributed by atoms with E-state index in [1.165, 1.54) is 0 Å². The Labute approximate surface area is 154 Å². The van der Waals surface area contributed by atoms with Crippen molar-refractivity contribution in [3.8, 4) is 33.6 Å². The number of halogens is 1. The Morgan fingerprint density at radius 1 is 0.520 bits per heavy atom. The van der Waals surface area contributed by atoms with Crippen LogP contribution in [0.4, 0.5) is 0 Å². The molecule has 120 valence electrons. The predicted molar refractivity (Wildman–Crippen MR) is 104 cm³/mol. The molecule has 4 rings (SSSR count). The van der Waals surface area contributed by atoms with Gasteiger partial charge in [0, 0.05) is 40.4 Å². The molecule has 0 radical (unpaired) electrons. The van der Waals surface area contributed by atoms with Crippen molar-refractivity contribution in [1.82, 2.24) is 15.0 Å². The van der Waals surface area contributed by atoms with Gasteiger partial charge in [-0.2, -0.15) is 0 Å². The SMILES string of the molecule is Brc1ccc(-c2cc(-c3ccncc3)nc(-c3ccncc3)c2)cc1. The number of pyridine rings is 3. The molecule has 0 saturated carbocycles. The highest BCUT2D eigenvalue weighted by Crippen LogP contribution is 2.30. The van der Waals surface area contributed by atoms with Gasteiger partial charge in [0.2, 0.25) is 0 Å². The molecule has 25 heavy (non-hydrogen) atoms. The van der Waals surface area contributed by atoms with Gasteiger partial charge in [-0.3, -0.25) is 9.97 Å². The lowest BCUT2D eigenvalue weighted by molar-refractivity contribution is 1.27. The molecule has 4 aromatic rings. The average Bonchev–Trinajstić information content (AvgIpc) is 2.69. The van der Waals surface area contributed by atoms with Crippen molar-refractivity contribution in [1.29, 1.82) is 0 Å². The van der Waals surface area contributed by atoms with Gasteiger partial charge in [-0.25, -0.2) is 4.98 Å². The van der Waals surface area contributed by atoms with Gasteiger partial charge >= 0.3 is 0 Å². The first kappa shape index (κ1) is 15.7. The molecule has 0 bridgehead atoms. The van der Waals surface area contributed by atoms with Crippen LogP contribution >= 0.6 is 15.9 Å². The summed E-state index contributed by atoms with van der Waals surface area (Å²) in [5.41, 5.74) is 6.22. The lowest BCUT2D eigenvalue weighted by Gasteiger charge is -2.10. The summed E-state index contributed by atoms with van der Waals surface area (Å²) in [4.78, 5) is 13.1. The van der Waals surface area contributed by atoms with Crippen LogP contribution in [0.3, 0.4) is 0 Å². The molecule has 3 aromatic heterocycles. The third-order valence-corrected chi connectivity index (χ3v) is 4.48. The molecule has 0 N–H and O–H groups in total. The molecule has 0 aliphatic rings. The third kappa shape index (κ3) is 3.49. The Kier molecular flexibility index (Phi) is 4.36. The maximum atomic E-state index is 4.85. The van der Waals surface area contributed by atoms with Crippen molar-refractivity contribution in [2.24, 2.45) is 0 Å². The van der Waals surface area contributed by atoms with E-state index in [0.717, 1.165) is 38.1 Å². The first-order chi connectivity index (χ1) is 12.3. The van der Waals surface area contributed by atoms with Crippen LogP contribution in [-0.2, 0) is 0 Å². The van der Waals surface area contributed by atoms with E-state index >= 15 is 0 Å². The zero-order valence-electron chi connectivity index (χ0n) is 13.3. The van der Waals surface area contributed by atoms with Crippen LogP contribution in [0.1, 0.15) is 0 Å². The molecule has 0 saturated heterocycles. The number of hydrogen-bond donors (Lipinski definition) is 0. The van der Waals surface area contributed by atoms with Gasteiger partial charge < -0.3 is 0 Å². The van der Waals surface area contributed by atoms with E-state index in [-0.39, 0.29) is 0 Å². The summed E-state index contributed by atoms with van der Waals surface area (Å²) >= 11 is 3.49. The summed E-state index contributed by atoms with van der Waals surface area (Å²) in [6.45, 7) is 0. The second kappa shape index (κ2) is 6.95. The van der Waals surface area contributed by atoms with E-state index in [2.05, 4.69) is 50.2 Å². The maximum absolute atomic E-state index is 4.85. The average molecular weight is 388 g/mol. The summed E-state index contributed by atoms with van der Waals surface area (Å²) in [5.74, 6) is 0. The topological polar surface area (TPSA) is 38.7 Å². The normalized spacial score (nSPS) is 10.6. The van der Waals surface area contributed by atoms with Gasteiger partial charge in [0.1, 0.15) is 0 Å². The highest BCUT2D eigenvalue weighted by Gasteiger charge is 2.08. The number of benzene rings is 1. The number of rotatable bonds is 3. The largest absolute Gasteiger partial charge is 0.265 e. The number of hydrogen-bond acceptors (Lipinski definition) is 3. The molecular weight excluding hydrogens is 374 g/mol. The molecule has 0 aliphatic carbocycles. The van der Waals surface area contributed by atoms with E-state index in [1.54, 1.807) is 24.8 Å². The quantitative estimate of drug-likeness (QED) is 0.456. The fraction of sp³-hybridized carbons (Fsp3) is 0. The highest BCUT2D eigenvalue weighted by atomic mass is 79.9. The first-order valence-corrected chi connectivity index (χ1v) is 8.68. The van der Waals surface area contributed by atoms with E-state index in [9.17, 15) is 0 Å². The van der Waals surface area contributed by atoms with E-state index in [0.29, 0.717) is 0 Å². The third-order valence-electron chi connectivity index (χ3n) is 3.96. The molecule has 3 heterocycles. The maximum Gasteiger partial charge on any atom is 0.0716 e.